The zero-order valence-corrected chi connectivity index (χ0v) is 18.7. The number of nitrogens with zero attached hydrogens (tertiary/aromatic N) is 4. The molecule has 3 aromatic rings. The Hall–Kier alpha value is -3.33. The third-order valence-corrected chi connectivity index (χ3v) is 6.16. The highest BCUT2D eigenvalue weighted by Crippen LogP contribution is 2.24. The molecule has 0 radical (unpaired) electrons. The summed E-state index contributed by atoms with van der Waals surface area (Å²) < 4.78 is 7.34. The molecule has 1 aliphatic rings. The lowest BCUT2D eigenvalue weighted by Crippen LogP contribution is -2.29. The van der Waals surface area contributed by atoms with Crippen molar-refractivity contribution in [2.75, 3.05) is 30.8 Å². The van der Waals surface area contributed by atoms with Gasteiger partial charge in [-0.25, -0.2) is 0 Å². The number of para-hydroxylation sites is 1. The predicted octanol–water partition coefficient (Wildman–Crippen LogP) is 3.21. The van der Waals surface area contributed by atoms with E-state index in [4.69, 9.17) is 4.74 Å². The highest BCUT2D eigenvalue weighted by molar-refractivity contribution is 7.99. The average Bonchev–Trinajstić information content (AvgIpc) is 3.48. The Kier molecular flexibility index (Phi) is 7.06. The molecule has 1 fully saturated rings. The normalized spacial score (nSPS) is 13.2. The third kappa shape index (κ3) is 5.47. The van der Waals surface area contributed by atoms with Crippen LogP contribution >= 0.6 is 11.8 Å². The zero-order valence-electron chi connectivity index (χ0n) is 17.9. The van der Waals surface area contributed by atoms with E-state index in [2.05, 4.69) is 15.5 Å². The Morgan fingerprint density at radius 2 is 1.75 bits per heavy atom. The molecule has 0 spiro atoms. The molecule has 1 N–H and O–H groups in total. The van der Waals surface area contributed by atoms with Gasteiger partial charge in [0.05, 0.1) is 5.75 Å². The minimum atomic E-state index is -0.235. The van der Waals surface area contributed by atoms with Crippen molar-refractivity contribution in [1.29, 1.82) is 0 Å². The molecule has 0 saturated carbocycles. The standard InChI is InChI=1S/C23H25N5O3S/c1-27-22(25-26-23(27)32-16-21(30)28-13-5-6-14-28)17-9-11-18(12-10-17)24-20(29)15-31-19-7-3-2-4-8-19/h2-4,7-12H,5-6,13-16H2,1H3,(H,24,29). The van der Waals surface area contributed by atoms with Crippen molar-refractivity contribution < 1.29 is 14.3 Å². The Morgan fingerprint density at radius 1 is 1.03 bits per heavy atom. The number of carbonyl (C=O) groups excluding carboxylic acids is 2. The van der Waals surface area contributed by atoms with Gasteiger partial charge in [0.15, 0.2) is 17.6 Å². The maximum atomic E-state index is 12.3. The van der Waals surface area contributed by atoms with Crippen molar-refractivity contribution in [2.24, 2.45) is 7.05 Å². The van der Waals surface area contributed by atoms with E-state index in [1.807, 2.05) is 59.0 Å². The monoisotopic (exact) mass is 451 g/mol. The van der Waals surface area contributed by atoms with E-state index in [0.717, 1.165) is 31.5 Å². The van der Waals surface area contributed by atoms with Crippen molar-refractivity contribution in [3.05, 3.63) is 54.6 Å². The van der Waals surface area contributed by atoms with Crippen LogP contribution in [0.4, 0.5) is 5.69 Å². The van der Waals surface area contributed by atoms with Crippen molar-refractivity contribution in [2.45, 2.75) is 18.0 Å². The van der Waals surface area contributed by atoms with Gasteiger partial charge in [-0.05, 0) is 49.2 Å². The lowest BCUT2D eigenvalue weighted by Gasteiger charge is -2.14. The first-order valence-corrected chi connectivity index (χ1v) is 11.5. The average molecular weight is 452 g/mol. The van der Waals surface area contributed by atoms with Crippen LogP contribution in [0.5, 0.6) is 5.75 Å². The number of benzene rings is 2. The van der Waals surface area contributed by atoms with E-state index < -0.39 is 0 Å². The Morgan fingerprint density at radius 3 is 2.47 bits per heavy atom. The maximum absolute atomic E-state index is 12.3. The third-order valence-electron chi connectivity index (χ3n) is 5.16. The minimum Gasteiger partial charge on any atom is -0.484 e. The van der Waals surface area contributed by atoms with Crippen LogP contribution < -0.4 is 10.1 Å². The molecule has 2 amide bonds. The quantitative estimate of drug-likeness (QED) is 0.529. The van der Waals surface area contributed by atoms with Gasteiger partial charge >= 0.3 is 0 Å². The number of hydrogen-bond donors (Lipinski definition) is 1. The maximum Gasteiger partial charge on any atom is 0.262 e. The second-order valence-electron chi connectivity index (χ2n) is 7.47. The van der Waals surface area contributed by atoms with Gasteiger partial charge in [-0.15, -0.1) is 10.2 Å². The molecule has 2 heterocycles. The number of carbonyl (C=O) groups is 2. The first kappa shape index (κ1) is 21.9. The summed E-state index contributed by atoms with van der Waals surface area (Å²) in [7, 11) is 1.88. The van der Waals surface area contributed by atoms with Crippen LogP contribution in [0.15, 0.2) is 59.8 Å². The summed E-state index contributed by atoms with van der Waals surface area (Å²) in [6.45, 7) is 1.64. The highest BCUT2D eigenvalue weighted by atomic mass is 32.2. The largest absolute Gasteiger partial charge is 0.484 e. The van der Waals surface area contributed by atoms with Crippen molar-refractivity contribution in [3.63, 3.8) is 0 Å². The minimum absolute atomic E-state index is 0.0637. The zero-order chi connectivity index (χ0) is 22.3. The number of anilines is 1. The SMILES string of the molecule is Cn1c(SCC(=O)N2CCCC2)nnc1-c1ccc(NC(=O)COc2ccccc2)cc1. The lowest BCUT2D eigenvalue weighted by molar-refractivity contribution is -0.127. The van der Waals surface area contributed by atoms with Crippen LogP contribution in [0, 0.1) is 0 Å². The predicted molar refractivity (Wildman–Crippen MR) is 124 cm³/mol. The number of ether oxygens (including phenoxy) is 1. The van der Waals surface area contributed by atoms with Gasteiger partial charge < -0.3 is 19.5 Å². The number of likely N-dealkylation sites (tertiary alicyclic amines) is 1. The molecule has 4 rings (SSSR count). The fourth-order valence-corrected chi connectivity index (χ4v) is 4.26. The lowest BCUT2D eigenvalue weighted by atomic mass is 10.2. The van der Waals surface area contributed by atoms with Gasteiger partial charge in [-0.3, -0.25) is 9.59 Å². The first-order chi connectivity index (χ1) is 15.6. The molecule has 0 bridgehead atoms. The number of amides is 2. The molecule has 2 aromatic carbocycles. The second-order valence-corrected chi connectivity index (χ2v) is 8.41. The van der Waals surface area contributed by atoms with E-state index in [1.54, 1.807) is 12.1 Å². The van der Waals surface area contributed by atoms with E-state index >= 15 is 0 Å². The van der Waals surface area contributed by atoms with Gasteiger partial charge in [-0.1, -0.05) is 30.0 Å². The summed E-state index contributed by atoms with van der Waals surface area (Å²) in [4.78, 5) is 26.3. The van der Waals surface area contributed by atoms with Gasteiger partial charge in [-0.2, -0.15) is 0 Å². The summed E-state index contributed by atoms with van der Waals surface area (Å²) >= 11 is 1.40. The molecular weight excluding hydrogens is 426 g/mol. The molecular formula is C23H25N5O3S. The van der Waals surface area contributed by atoms with E-state index in [0.29, 0.717) is 28.2 Å². The summed E-state index contributed by atoms with van der Waals surface area (Å²) in [6, 6.07) is 16.6. The first-order valence-electron chi connectivity index (χ1n) is 10.5. The number of thioether (sulfide) groups is 1. The Labute approximate surface area is 191 Å². The summed E-state index contributed by atoms with van der Waals surface area (Å²) in [6.07, 6.45) is 2.17. The molecule has 1 saturated heterocycles. The molecule has 32 heavy (non-hydrogen) atoms. The van der Waals surface area contributed by atoms with Crippen LogP contribution in [-0.4, -0.2) is 56.9 Å². The molecule has 166 valence electrons. The Bertz CT molecular complexity index is 1060. The summed E-state index contributed by atoms with van der Waals surface area (Å²) in [5.41, 5.74) is 1.54. The second kappa shape index (κ2) is 10.3. The van der Waals surface area contributed by atoms with Crippen molar-refractivity contribution in [3.8, 4) is 17.1 Å². The van der Waals surface area contributed by atoms with Gasteiger partial charge in [0.2, 0.25) is 5.91 Å². The Balaban J connectivity index is 1.31. The van der Waals surface area contributed by atoms with Gasteiger partial charge in [0, 0.05) is 31.4 Å². The van der Waals surface area contributed by atoms with Crippen LogP contribution in [0.3, 0.4) is 0 Å². The molecule has 0 aliphatic carbocycles. The molecule has 1 aromatic heterocycles. The van der Waals surface area contributed by atoms with Gasteiger partial charge in [0.25, 0.3) is 5.91 Å². The van der Waals surface area contributed by atoms with E-state index in [1.165, 1.54) is 11.8 Å². The molecule has 1 aliphatic heterocycles. The summed E-state index contributed by atoms with van der Waals surface area (Å²) in [5.74, 6) is 1.62. The number of nitrogens with one attached hydrogen (secondary N) is 1. The number of hydrogen-bond acceptors (Lipinski definition) is 6. The van der Waals surface area contributed by atoms with Crippen LogP contribution in [0.25, 0.3) is 11.4 Å². The molecule has 0 atom stereocenters. The molecule has 0 unspecified atom stereocenters. The smallest absolute Gasteiger partial charge is 0.262 e. The summed E-state index contributed by atoms with van der Waals surface area (Å²) in [5, 5.41) is 12.0. The van der Waals surface area contributed by atoms with Gasteiger partial charge in [0.1, 0.15) is 5.75 Å². The van der Waals surface area contributed by atoms with E-state index in [9.17, 15) is 9.59 Å². The molecule has 8 nitrogen and oxygen atoms in total. The van der Waals surface area contributed by atoms with Crippen molar-refractivity contribution >= 4 is 29.3 Å². The topological polar surface area (TPSA) is 89.4 Å². The van der Waals surface area contributed by atoms with Crippen LogP contribution in [0.1, 0.15) is 12.8 Å². The van der Waals surface area contributed by atoms with E-state index in [-0.39, 0.29) is 18.4 Å². The number of rotatable bonds is 8. The van der Waals surface area contributed by atoms with Crippen molar-refractivity contribution in [1.82, 2.24) is 19.7 Å². The van der Waals surface area contributed by atoms with Crippen LogP contribution in [-0.2, 0) is 16.6 Å². The fraction of sp³-hybridized carbons (Fsp3) is 0.304. The fourth-order valence-electron chi connectivity index (χ4n) is 3.44. The highest BCUT2D eigenvalue weighted by Gasteiger charge is 2.19. The van der Waals surface area contributed by atoms with Crippen LogP contribution in [0.2, 0.25) is 0 Å². The molecule has 9 heteroatoms. The number of aromatic nitrogens is 3.